The lowest BCUT2D eigenvalue weighted by atomic mass is 10.2. The molecule has 2 heterocycles. The van der Waals surface area contributed by atoms with E-state index in [1.807, 2.05) is 36.8 Å². The normalized spacial score (nSPS) is 11.4. The van der Waals surface area contributed by atoms with Gasteiger partial charge in [-0.3, -0.25) is 0 Å². The van der Waals surface area contributed by atoms with Crippen LogP contribution in [0.2, 0.25) is 5.15 Å². The van der Waals surface area contributed by atoms with Crippen LogP contribution in [0.15, 0.2) is 35.6 Å². The number of thioether (sulfide) groups is 1. The Balaban J connectivity index is 1.98. The molecule has 0 atom stereocenters. The van der Waals surface area contributed by atoms with Gasteiger partial charge >= 0.3 is 0 Å². The topological polar surface area (TPSA) is 42.7 Å². The van der Waals surface area contributed by atoms with E-state index >= 15 is 0 Å². The van der Waals surface area contributed by atoms with E-state index < -0.39 is 0 Å². The largest absolute Gasteiger partial charge is 0.342 e. The standard InChI is InChI=1S/C16H16ClFN4S/c1-9(2)22-8-12(18)11-6-10(4-5-13(11)22)19-15-7-14(17)20-16(21-15)23-3/h4-9H,1-3H3,(H,19,20,21). The Morgan fingerprint density at radius 3 is 2.74 bits per heavy atom. The van der Waals surface area contributed by atoms with Crippen molar-refractivity contribution in [1.82, 2.24) is 14.5 Å². The van der Waals surface area contributed by atoms with Gasteiger partial charge < -0.3 is 9.88 Å². The molecule has 0 amide bonds. The Hall–Kier alpha value is -1.79. The third-order valence-electron chi connectivity index (χ3n) is 3.47. The molecular weight excluding hydrogens is 335 g/mol. The second kappa shape index (κ2) is 6.37. The summed E-state index contributed by atoms with van der Waals surface area (Å²) in [6.45, 7) is 4.05. The first-order valence-electron chi connectivity index (χ1n) is 7.13. The van der Waals surface area contributed by atoms with Gasteiger partial charge in [0.2, 0.25) is 0 Å². The highest BCUT2D eigenvalue weighted by molar-refractivity contribution is 7.98. The number of nitrogens with one attached hydrogen (secondary N) is 1. The fourth-order valence-electron chi connectivity index (χ4n) is 2.42. The van der Waals surface area contributed by atoms with Gasteiger partial charge in [0.15, 0.2) is 5.16 Å². The van der Waals surface area contributed by atoms with Gasteiger partial charge in [-0.25, -0.2) is 14.4 Å². The molecular formula is C16H16ClFN4S. The van der Waals surface area contributed by atoms with E-state index in [9.17, 15) is 4.39 Å². The van der Waals surface area contributed by atoms with Crippen molar-refractivity contribution in [3.8, 4) is 0 Å². The summed E-state index contributed by atoms with van der Waals surface area (Å²) >= 11 is 7.39. The number of fused-ring (bicyclic) bond motifs is 1. The van der Waals surface area contributed by atoms with E-state index in [4.69, 9.17) is 11.6 Å². The Labute approximate surface area is 143 Å². The Bertz CT molecular complexity index is 863. The van der Waals surface area contributed by atoms with E-state index in [1.54, 1.807) is 12.1 Å². The van der Waals surface area contributed by atoms with Crippen molar-refractivity contribution < 1.29 is 4.39 Å². The lowest BCUT2D eigenvalue weighted by Gasteiger charge is -2.10. The zero-order chi connectivity index (χ0) is 16.6. The van der Waals surface area contributed by atoms with Crippen molar-refractivity contribution in [3.63, 3.8) is 0 Å². The number of benzene rings is 1. The van der Waals surface area contributed by atoms with Crippen molar-refractivity contribution in [1.29, 1.82) is 0 Å². The number of hydrogen-bond acceptors (Lipinski definition) is 4. The number of hydrogen-bond donors (Lipinski definition) is 1. The summed E-state index contributed by atoms with van der Waals surface area (Å²) in [4.78, 5) is 8.44. The lowest BCUT2D eigenvalue weighted by molar-refractivity contribution is 0.587. The molecule has 0 fully saturated rings. The van der Waals surface area contributed by atoms with Crippen LogP contribution in [0.4, 0.5) is 15.9 Å². The molecule has 3 rings (SSSR count). The van der Waals surface area contributed by atoms with Gasteiger partial charge in [0.1, 0.15) is 16.8 Å². The highest BCUT2D eigenvalue weighted by Crippen LogP contribution is 2.28. The lowest BCUT2D eigenvalue weighted by Crippen LogP contribution is -1.99. The summed E-state index contributed by atoms with van der Waals surface area (Å²) in [7, 11) is 0. The van der Waals surface area contributed by atoms with Crippen LogP contribution in [0, 0.1) is 5.82 Å². The maximum Gasteiger partial charge on any atom is 0.190 e. The van der Waals surface area contributed by atoms with Crippen LogP contribution in [-0.4, -0.2) is 20.8 Å². The number of rotatable bonds is 4. The van der Waals surface area contributed by atoms with Crippen LogP contribution in [-0.2, 0) is 0 Å². The quantitative estimate of drug-likeness (QED) is 0.395. The number of nitrogens with zero attached hydrogens (tertiary/aromatic N) is 3. The van der Waals surface area contributed by atoms with Crippen LogP contribution in [0.5, 0.6) is 0 Å². The maximum atomic E-state index is 14.2. The third kappa shape index (κ3) is 3.28. The molecule has 0 aliphatic heterocycles. The van der Waals surface area contributed by atoms with Crippen LogP contribution < -0.4 is 5.32 Å². The zero-order valence-electron chi connectivity index (χ0n) is 13.0. The summed E-state index contributed by atoms with van der Waals surface area (Å²) in [6, 6.07) is 7.42. The molecule has 0 spiro atoms. The molecule has 7 heteroatoms. The summed E-state index contributed by atoms with van der Waals surface area (Å²) < 4.78 is 16.1. The molecule has 1 N–H and O–H groups in total. The van der Waals surface area contributed by atoms with Gasteiger partial charge in [-0.2, -0.15) is 0 Å². The van der Waals surface area contributed by atoms with E-state index in [2.05, 4.69) is 15.3 Å². The first-order chi connectivity index (χ1) is 11.0. The highest BCUT2D eigenvalue weighted by Gasteiger charge is 2.11. The minimum absolute atomic E-state index is 0.200. The third-order valence-corrected chi connectivity index (χ3v) is 4.21. The fourth-order valence-corrected chi connectivity index (χ4v) is 3.03. The number of aromatic nitrogens is 3. The van der Waals surface area contributed by atoms with Crippen molar-refractivity contribution in [3.05, 3.63) is 41.4 Å². The van der Waals surface area contributed by atoms with Crippen molar-refractivity contribution >= 4 is 45.8 Å². The number of halogens is 2. The average molecular weight is 351 g/mol. The average Bonchev–Trinajstić information content (AvgIpc) is 2.84. The van der Waals surface area contributed by atoms with Crippen LogP contribution in [0.25, 0.3) is 10.9 Å². The van der Waals surface area contributed by atoms with Gasteiger partial charge in [-0.15, -0.1) is 0 Å². The molecule has 3 aromatic rings. The van der Waals surface area contributed by atoms with E-state index in [-0.39, 0.29) is 11.9 Å². The Morgan fingerprint density at radius 1 is 1.26 bits per heavy atom. The van der Waals surface area contributed by atoms with Crippen molar-refractivity contribution in [2.45, 2.75) is 25.0 Å². The second-order valence-electron chi connectivity index (χ2n) is 5.40. The van der Waals surface area contributed by atoms with E-state index in [0.717, 1.165) is 11.2 Å². The summed E-state index contributed by atoms with van der Waals surface area (Å²) in [5, 5.41) is 4.68. The fraction of sp³-hybridized carbons (Fsp3) is 0.250. The Kier molecular flexibility index (Phi) is 4.46. The summed E-state index contributed by atoms with van der Waals surface area (Å²) in [6.07, 6.45) is 3.41. The molecule has 0 aliphatic rings. The van der Waals surface area contributed by atoms with Crippen molar-refractivity contribution in [2.24, 2.45) is 0 Å². The highest BCUT2D eigenvalue weighted by atomic mass is 35.5. The molecule has 0 bridgehead atoms. The molecule has 23 heavy (non-hydrogen) atoms. The van der Waals surface area contributed by atoms with Crippen molar-refractivity contribution in [2.75, 3.05) is 11.6 Å². The van der Waals surface area contributed by atoms with Crippen LogP contribution in [0.1, 0.15) is 19.9 Å². The van der Waals surface area contributed by atoms with E-state index in [1.165, 1.54) is 18.0 Å². The van der Waals surface area contributed by atoms with Gasteiger partial charge in [0.25, 0.3) is 0 Å². The molecule has 0 unspecified atom stereocenters. The SMILES string of the molecule is CSc1nc(Cl)cc(Nc2ccc3c(c2)c(F)cn3C(C)C)n1. The molecule has 0 saturated heterocycles. The molecule has 0 saturated carbocycles. The molecule has 2 aromatic heterocycles. The molecule has 120 valence electrons. The minimum atomic E-state index is -0.233. The van der Waals surface area contributed by atoms with Crippen LogP contribution >= 0.6 is 23.4 Å². The zero-order valence-corrected chi connectivity index (χ0v) is 14.5. The minimum Gasteiger partial charge on any atom is -0.342 e. The summed E-state index contributed by atoms with van der Waals surface area (Å²) in [5.74, 6) is 0.347. The predicted octanol–water partition coefficient (Wildman–Crippen LogP) is 5.27. The Morgan fingerprint density at radius 2 is 2.04 bits per heavy atom. The molecule has 4 nitrogen and oxygen atoms in total. The number of anilines is 2. The summed E-state index contributed by atoms with van der Waals surface area (Å²) in [5.41, 5.74) is 1.62. The monoisotopic (exact) mass is 350 g/mol. The van der Waals surface area contributed by atoms with Gasteiger partial charge in [-0.1, -0.05) is 23.4 Å². The maximum absolute atomic E-state index is 14.2. The predicted molar refractivity (Wildman–Crippen MR) is 94.4 cm³/mol. The van der Waals surface area contributed by atoms with Gasteiger partial charge in [0, 0.05) is 29.4 Å². The smallest absolute Gasteiger partial charge is 0.190 e. The van der Waals surface area contributed by atoms with Gasteiger partial charge in [-0.05, 0) is 38.3 Å². The first-order valence-corrected chi connectivity index (χ1v) is 8.74. The molecule has 0 aliphatic carbocycles. The van der Waals surface area contributed by atoms with E-state index in [0.29, 0.717) is 21.5 Å². The first kappa shape index (κ1) is 16.1. The van der Waals surface area contributed by atoms with Gasteiger partial charge in [0.05, 0.1) is 5.52 Å². The van der Waals surface area contributed by atoms with Crippen LogP contribution in [0.3, 0.4) is 0 Å². The molecule has 0 radical (unpaired) electrons. The molecule has 1 aromatic carbocycles. The second-order valence-corrected chi connectivity index (χ2v) is 6.56.